The minimum Gasteiger partial charge on any atom is -0.480 e. The van der Waals surface area contributed by atoms with Gasteiger partial charge in [-0.25, -0.2) is 4.39 Å². The Balaban J connectivity index is 1.61. The highest BCUT2D eigenvalue weighted by atomic mass is 35.5. The molecule has 0 radical (unpaired) electrons. The Morgan fingerprint density at radius 3 is 2.66 bits per heavy atom. The van der Waals surface area contributed by atoms with E-state index >= 15 is 0 Å². The van der Waals surface area contributed by atoms with Crippen molar-refractivity contribution in [3.05, 3.63) is 94.3 Å². The number of fused-ring (bicyclic) bond motifs is 1. The average Bonchev–Trinajstić information content (AvgIpc) is 2.91. The quantitative estimate of drug-likeness (QED) is 0.561. The Kier molecular flexibility index (Phi) is 6.42. The lowest BCUT2D eigenvalue weighted by molar-refractivity contribution is -0.139. The van der Waals surface area contributed by atoms with E-state index in [1.54, 1.807) is 65.6 Å². The Bertz CT molecular complexity index is 1170. The van der Waals surface area contributed by atoms with Crippen LogP contribution in [-0.2, 0) is 17.9 Å². The SMILES string of the molecule is CC[C@@H]1Oc2ccc(NC(=O)c3ccccc3Cl)cc2CN(Cc2ccccc2F)C1=O. The van der Waals surface area contributed by atoms with Crippen LogP contribution in [-0.4, -0.2) is 22.8 Å². The van der Waals surface area contributed by atoms with Crippen molar-refractivity contribution in [3.8, 4) is 5.75 Å². The summed E-state index contributed by atoms with van der Waals surface area (Å²) in [6.07, 6.45) is -0.177. The number of rotatable bonds is 5. The van der Waals surface area contributed by atoms with Crippen molar-refractivity contribution in [2.24, 2.45) is 0 Å². The fourth-order valence-corrected chi connectivity index (χ4v) is 3.88. The van der Waals surface area contributed by atoms with E-state index in [2.05, 4.69) is 5.32 Å². The Labute approximate surface area is 190 Å². The second kappa shape index (κ2) is 9.40. The van der Waals surface area contributed by atoms with Gasteiger partial charge in [-0.15, -0.1) is 0 Å². The van der Waals surface area contributed by atoms with Gasteiger partial charge in [-0.1, -0.05) is 48.9 Å². The number of hydrogen-bond acceptors (Lipinski definition) is 3. The van der Waals surface area contributed by atoms with E-state index in [0.717, 1.165) is 5.56 Å². The number of hydrogen-bond donors (Lipinski definition) is 1. The highest BCUT2D eigenvalue weighted by Gasteiger charge is 2.30. The van der Waals surface area contributed by atoms with Crippen LogP contribution in [0.25, 0.3) is 0 Å². The molecule has 1 heterocycles. The van der Waals surface area contributed by atoms with Gasteiger partial charge >= 0.3 is 0 Å². The first-order valence-electron chi connectivity index (χ1n) is 10.3. The number of amides is 2. The van der Waals surface area contributed by atoms with E-state index in [9.17, 15) is 14.0 Å². The molecule has 1 aliphatic heterocycles. The van der Waals surface area contributed by atoms with Crippen molar-refractivity contribution < 1.29 is 18.7 Å². The summed E-state index contributed by atoms with van der Waals surface area (Å²) in [4.78, 5) is 27.3. The molecule has 1 atom stereocenters. The Hall–Kier alpha value is -3.38. The molecule has 1 N–H and O–H groups in total. The summed E-state index contributed by atoms with van der Waals surface area (Å²) in [5.41, 5.74) is 2.07. The first-order valence-corrected chi connectivity index (χ1v) is 10.7. The first kappa shape index (κ1) is 21.8. The monoisotopic (exact) mass is 452 g/mol. The predicted octanol–water partition coefficient (Wildman–Crippen LogP) is 5.43. The molecule has 0 spiro atoms. The second-order valence-corrected chi connectivity index (χ2v) is 7.96. The number of nitrogens with one attached hydrogen (secondary N) is 1. The van der Waals surface area contributed by atoms with Crippen LogP contribution < -0.4 is 10.1 Å². The van der Waals surface area contributed by atoms with E-state index in [-0.39, 0.29) is 30.7 Å². The van der Waals surface area contributed by atoms with Crippen LogP contribution in [0, 0.1) is 5.82 Å². The zero-order valence-electron chi connectivity index (χ0n) is 17.5. The molecular weight excluding hydrogens is 431 g/mol. The van der Waals surface area contributed by atoms with Crippen molar-refractivity contribution >= 4 is 29.1 Å². The van der Waals surface area contributed by atoms with Gasteiger partial charge in [0.15, 0.2) is 6.10 Å². The molecule has 164 valence electrons. The van der Waals surface area contributed by atoms with Crippen LogP contribution in [0.3, 0.4) is 0 Å². The van der Waals surface area contributed by atoms with Crippen LogP contribution in [0.2, 0.25) is 5.02 Å². The molecule has 0 saturated heterocycles. The minimum absolute atomic E-state index is 0.126. The number of carbonyl (C=O) groups excluding carboxylic acids is 2. The molecule has 3 aromatic rings. The molecule has 32 heavy (non-hydrogen) atoms. The number of benzene rings is 3. The van der Waals surface area contributed by atoms with Crippen molar-refractivity contribution in [2.45, 2.75) is 32.5 Å². The maximum absolute atomic E-state index is 14.2. The zero-order chi connectivity index (χ0) is 22.7. The topological polar surface area (TPSA) is 58.6 Å². The molecule has 3 aromatic carbocycles. The van der Waals surface area contributed by atoms with Crippen LogP contribution in [0.15, 0.2) is 66.7 Å². The van der Waals surface area contributed by atoms with Crippen molar-refractivity contribution in [1.82, 2.24) is 4.90 Å². The fourth-order valence-electron chi connectivity index (χ4n) is 3.65. The summed E-state index contributed by atoms with van der Waals surface area (Å²) >= 11 is 6.12. The van der Waals surface area contributed by atoms with E-state index in [1.165, 1.54) is 6.07 Å². The minimum atomic E-state index is -0.661. The van der Waals surface area contributed by atoms with Gasteiger partial charge in [0.2, 0.25) is 0 Å². The summed E-state index contributed by atoms with van der Waals surface area (Å²) in [6.45, 7) is 2.23. The molecule has 1 aliphatic rings. The third kappa shape index (κ3) is 4.60. The van der Waals surface area contributed by atoms with E-state index in [4.69, 9.17) is 16.3 Å². The summed E-state index contributed by atoms with van der Waals surface area (Å²) in [5.74, 6) is -0.333. The van der Waals surface area contributed by atoms with Crippen molar-refractivity contribution in [1.29, 1.82) is 0 Å². The average molecular weight is 453 g/mol. The lowest BCUT2D eigenvalue weighted by Gasteiger charge is -2.23. The summed E-state index contributed by atoms with van der Waals surface area (Å²) in [6, 6.07) is 18.4. The highest BCUT2D eigenvalue weighted by Crippen LogP contribution is 2.31. The lowest BCUT2D eigenvalue weighted by Crippen LogP contribution is -2.39. The highest BCUT2D eigenvalue weighted by molar-refractivity contribution is 6.34. The maximum atomic E-state index is 14.2. The number of anilines is 1. The lowest BCUT2D eigenvalue weighted by atomic mass is 10.1. The van der Waals surface area contributed by atoms with E-state index in [1.807, 2.05) is 6.92 Å². The molecule has 7 heteroatoms. The molecule has 2 amide bonds. The zero-order valence-corrected chi connectivity index (χ0v) is 18.2. The summed E-state index contributed by atoms with van der Waals surface area (Å²) in [5, 5.41) is 3.19. The first-order chi connectivity index (χ1) is 15.5. The molecule has 0 aromatic heterocycles. The Morgan fingerprint density at radius 2 is 1.91 bits per heavy atom. The van der Waals surface area contributed by atoms with Crippen LogP contribution in [0.1, 0.15) is 34.8 Å². The predicted molar refractivity (Wildman–Crippen MR) is 121 cm³/mol. The van der Waals surface area contributed by atoms with Crippen LogP contribution in [0.5, 0.6) is 5.75 Å². The number of carbonyl (C=O) groups is 2. The van der Waals surface area contributed by atoms with Crippen molar-refractivity contribution in [3.63, 3.8) is 0 Å². The fraction of sp³-hybridized carbons (Fsp3) is 0.200. The third-order valence-electron chi connectivity index (χ3n) is 5.34. The summed E-state index contributed by atoms with van der Waals surface area (Å²) in [7, 11) is 0. The van der Waals surface area contributed by atoms with Gasteiger partial charge in [0.1, 0.15) is 11.6 Å². The number of halogens is 2. The largest absolute Gasteiger partial charge is 0.480 e. The smallest absolute Gasteiger partial charge is 0.264 e. The molecule has 0 aliphatic carbocycles. The van der Waals surface area contributed by atoms with Crippen LogP contribution >= 0.6 is 11.6 Å². The van der Waals surface area contributed by atoms with Gasteiger partial charge < -0.3 is 15.0 Å². The molecule has 0 bridgehead atoms. The molecule has 0 saturated carbocycles. The molecular formula is C25H22ClFN2O3. The van der Waals surface area contributed by atoms with Gasteiger partial charge in [-0.3, -0.25) is 9.59 Å². The number of ether oxygens (including phenoxy) is 1. The van der Waals surface area contributed by atoms with Crippen molar-refractivity contribution in [2.75, 3.05) is 5.32 Å². The van der Waals surface area contributed by atoms with Gasteiger partial charge in [0.25, 0.3) is 11.8 Å². The third-order valence-corrected chi connectivity index (χ3v) is 5.67. The van der Waals surface area contributed by atoms with Gasteiger partial charge in [-0.2, -0.15) is 0 Å². The van der Waals surface area contributed by atoms with E-state index < -0.39 is 6.10 Å². The van der Waals surface area contributed by atoms with Gasteiger partial charge in [0, 0.05) is 29.9 Å². The molecule has 0 fully saturated rings. The number of nitrogens with zero attached hydrogens (tertiary/aromatic N) is 1. The summed E-state index contributed by atoms with van der Waals surface area (Å²) < 4.78 is 20.2. The van der Waals surface area contributed by atoms with E-state index in [0.29, 0.717) is 34.0 Å². The normalized spacial score (nSPS) is 15.5. The van der Waals surface area contributed by atoms with Crippen LogP contribution in [0.4, 0.5) is 10.1 Å². The maximum Gasteiger partial charge on any atom is 0.264 e. The molecule has 5 nitrogen and oxygen atoms in total. The van der Waals surface area contributed by atoms with Gasteiger partial charge in [0.05, 0.1) is 10.6 Å². The second-order valence-electron chi connectivity index (χ2n) is 7.56. The Morgan fingerprint density at radius 1 is 1.16 bits per heavy atom. The van der Waals surface area contributed by atoms with Gasteiger partial charge in [-0.05, 0) is 42.8 Å². The molecule has 0 unspecified atom stereocenters. The molecule has 4 rings (SSSR count). The standard InChI is InChI=1S/C25H22ClFN2O3/c1-2-22-25(31)29(14-16-7-3-6-10-21(16)27)15-17-13-18(11-12-23(17)32-22)28-24(30)19-8-4-5-9-20(19)26/h3-13,22H,2,14-15H2,1H3,(H,28,30)/t22-/m0/s1.